The fourth-order valence-corrected chi connectivity index (χ4v) is 2.10. The van der Waals surface area contributed by atoms with Crippen LogP contribution in [-0.2, 0) is 11.7 Å². The SMILES string of the molecule is CC(C)(C)n1c(=O)cc(Nc2ccc(C(F)(F)F)cc2)[nH]c1=O. The number of benzene rings is 1. The first kappa shape index (κ1) is 16.9. The molecule has 1 heterocycles. The number of nitrogens with one attached hydrogen (secondary N) is 2. The summed E-state index contributed by atoms with van der Waals surface area (Å²) in [5.41, 5.74) is -2.24. The molecule has 8 heteroatoms. The normalized spacial score (nSPS) is 12.3. The second-order valence-corrected chi connectivity index (χ2v) is 6.03. The van der Waals surface area contributed by atoms with Crippen molar-refractivity contribution in [1.29, 1.82) is 0 Å². The zero-order valence-corrected chi connectivity index (χ0v) is 12.8. The first-order valence-corrected chi connectivity index (χ1v) is 6.79. The van der Waals surface area contributed by atoms with Gasteiger partial charge in [0.2, 0.25) is 0 Å². The monoisotopic (exact) mass is 327 g/mol. The molecule has 0 radical (unpaired) electrons. The summed E-state index contributed by atoms with van der Waals surface area (Å²) in [6, 6.07) is 5.45. The lowest BCUT2D eigenvalue weighted by Gasteiger charge is -2.21. The number of hydrogen-bond acceptors (Lipinski definition) is 3. The van der Waals surface area contributed by atoms with Crippen molar-refractivity contribution < 1.29 is 13.2 Å². The Balaban J connectivity index is 2.32. The van der Waals surface area contributed by atoms with Gasteiger partial charge in [0.1, 0.15) is 5.82 Å². The molecule has 2 aromatic rings. The highest BCUT2D eigenvalue weighted by Gasteiger charge is 2.29. The van der Waals surface area contributed by atoms with Crippen LogP contribution in [0.1, 0.15) is 26.3 Å². The molecule has 0 spiro atoms. The minimum absolute atomic E-state index is 0.111. The van der Waals surface area contributed by atoms with E-state index in [1.165, 1.54) is 18.2 Å². The lowest BCUT2D eigenvalue weighted by molar-refractivity contribution is -0.137. The van der Waals surface area contributed by atoms with Gasteiger partial charge in [-0.05, 0) is 45.0 Å². The van der Waals surface area contributed by atoms with Crippen LogP contribution in [-0.4, -0.2) is 9.55 Å². The predicted octanol–water partition coefficient (Wildman–Crippen LogP) is 3.05. The molecule has 0 aliphatic rings. The summed E-state index contributed by atoms with van der Waals surface area (Å²) in [6.07, 6.45) is -4.42. The minimum Gasteiger partial charge on any atom is -0.342 e. The van der Waals surface area contributed by atoms with Gasteiger partial charge in [-0.1, -0.05) is 0 Å². The number of aromatic nitrogens is 2. The number of H-pyrrole nitrogens is 1. The van der Waals surface area contributed by atoms with Gasteiger partial charge in [-0.2, -0.15) is 13.2 Å². The maximum Gasteiger partial charge on any atom is 0.416 e. The zero-order valence-electron chi connectivity index (χ0n) is 12.8. The lowest BCUT2D eigenvalue weighted by Crippen LogP contribution is -2.44. The highest BCUT2D eigenvalue weighted by atomic mass is 19.4. The molecule has 1 aromatic carbocycles. The smallest absolute Gasteiger partial charge is 0.342 e. The van der Waals surface area contributed by atoms with E-state index in [1.54, 1.807) is 20.8 Å². The van der Waals surface area contributed by atoms with Crippen molar-refractivity contribution >= 4 is 11.5 Å². The minimum atomic E-state index is -4.42. The molecule has 0 atom stereocenters. The van der Waals surface area contributed by atoms with Gasteiger partial charge in [0.15, 0.2) is 0 Å². The average molecular weight is 327 g/mol. The van der Waals surface area contributed by atoms with Crippen LogP contribution >= 0.6 is 0 Å². The average Bonchev–Trinajstić information content (AvgIpc) is 2.35. The fraction of sp³-hybridized carbons (Fsp3) is 0.333. The molecular formula is C15H16F3N3O2. The van der Waals surface area contributed by atoms with Crippen molar-refractivity contribution in [3.63, 3.8) is 0 Å². The van der Waals surface area contributed by atoms with Crippen molar-refractivity contribution in [2.75, 3.05) is 5.32 Å². The van der Waals surface area contributed by atoms with Gasteiger partial charge in [-0.3, -0.25) is 14.3 Å². The topological polar surface area (TPSA) is 66.9 Å². The van der Waals surface area contributed by atoms with E-state index in [1.807, 2.05) is 0 Å². The van der Waals surface area contributed by atoms with Crippen LogP contribution in [0.25, 0.3) is 0 Å². The van der Waals surface area contributed by atoms with Crippen LogP contribution in [0.2, 0.25) is 0 Å². The molecule has 0 aliphatic carbocycles. The molecule has 0 saturated heterocycles. The maximum atomic E-state index is 12.5. The molecular weight excluding hydrogens is 311 g/mol. The highest BCUT2D eigenvalue weighted by Crippen LogP contribution is 2.30. The summed E-state index contributed by atoms with van der Waals surface area (Å²) in [7, 11) is 0. The number of halogens is 3. The van der Waals surface area contributed by atoms with Crippen molar-refractivity contribution in [2.45, 2.75) is 32.5 Å². The maximum absolute atomic E-state index is 12.5. The van der Waals surface area contributed by atoms with Crippen molar-refractivity contribution in [1.82, 2.24) is 9.55 Å². The van der Waals surface area contributed by atoms with Crippen LogP contribution in [0.4, 0.5) is 24.7 Å². The summed E-state index contributed by atoms with van der Waals surface area (Å²) in [5.74, 6) is 0.111. The molecule has 2 rings (SSSR count). The van der Waals surface area contributed by atoms with Gasteiger partial charge in [0.05, 0.1) is 5.56 Å². The molecule has 0 bridgehead atoms. The Morgan fingerprint density at radius 2 is 1.61 bits per heavy atom. The molecule has 0 aliphatic heterocycles. The first-order chi connectivity index (χ1) is 10.5. The Labute approximate surface area is 129 Å². The summed E-state index contributed by atoms with van der Waals surface area (Å²) >= 11 is 0. The molecule has 0 fully saturated rings. The second-order valence-electron chi connectivity index (χ2n) is 6.03. The van der Waals surface area contributed by atoms with Crippen molar-refractivity contribution in [3.05, 3.63) is 56.7 Å². The molecule has 2 N–H and O–H groups in total. The van der Waals surface area contributed by atoms with E-state index < -0.39 is 28.5 Å². The summed E-state index contributed by atoms with van der Waals surface area (Å²) in [6.45, 7) is 5.14. The molecule has 23 heavy (non-hydrogen) atoms. The molecule has 0 saturated carbocycles. The van der Waals surface area contributed by atoms with Gasteiger partial charge < -0.3 is 5.32 Å². The van der Waals surface area contributed by atoms with E-state index in [9.17, 15) is 22.8 Å². The Hall–Kier alpha value is -2.51. The second kappa shape index (κ2) is 5.60. The van der Waals surface area contributed by atoms with Gasteiger partial charge in [0.25, 0.3) is 5.56 Å². The first-order valence-electron chi connectivity index (χ1n) is 6.79. The van der Waals surface area contributed by atoms with Crippen LogP contribution in [0.5, 0.6) is 0 Å². The fourth-order valence-electron chi connectivity index (χ4n) is 2.10. The molecule has 0 unspecified atom stereocenters. The van der Waals surface area contributed by atoms with E-state index in [2.05, 4.69) is 10.3 Å². The third-order valence-corrected chi connectivity index (χ3v) is 3.09. The van der Waals surface area contributed by atoms with Gasteiger partial charge in [-0.25, -0.2) is 4.79 Å². The largest absolute Gasteiger partial charge is 0.416 e. The van der Waals surface area contributed by atoms with Gasteiger partial charge >= 0.3 is 11.9 Å². The number of aromatic amines is 1. The van der Waals surface area contributed by atoms with Crippen LogP contribution < -0.4 is 16.6 Å². The lowest BCUT2D eigenvalue weighted by atomic mass is 10.1. The van der Waals surface area contributed by atoms with E-state index in [-0.39, 0.29) is 5.82 Å². The van der Waals surface area contributed by atoms with Crippen LogP contribution in [0, 0.1) is 0 Å². The molecule has 1 aromatic heterocycles. The highest BCUT2D eigenvalue weighted by molar-refractivity contribution is 5.56. The van der Waals surface area contributed by atoms with Crippen LogP contribution in [0.15, 0.2) is 39.9 Å². The quantitative estimate of drug-likeness (QED) is 0.891. The number of rotatable bonds is 2. The zero-order chi connectivity index (χ0) is 17.4. The summed E-state index contributed by atoms with van der Waals surface area (Å²) in [5, 5.41) is 2.71. The van der Waals surface area contributed by atoms with Crippen molar-refractivity contribution in [2.24, 2.45) is 0 Å². The third kappa shape index (κ3) is 3.82. The van der Waals surface area contributed by atoms with E-state index in [0.29, 0.717) is 5.69 Å². The van der Waals surface area contributed by atoms with E-state index in [0.717, 1.165) is 16.7 Å². The predicted molar refractivity (Wildman–Crippen MR) is 81.0 cm³/mol. The van der Waals surface area contributed by atoms with E-state index in [4.69, 9.17) is 0 Å². The summed E-state index contributed by atoms with van der Waals surface area (Å²) < 4.78 is 38.5. The van der Waals surface area contributed by atoms with Crippen molar-refractivity contribution in [3.8, 4) is 0 Å². The standard InChI is InChI=1S/C15H16F3N3O2/c1-14(2,3)21-12(22)8-11(20-13(21)23)19-10-6-4-9(5-7-10)15(16,17)18/h4-8,19H,1-3H3,(H,20,23). The van der Waals surface area contributed by atoms with E-state index >= 15 is 0 Å². The number of alkyl halides is 3. The third-order valence-electron chi connectivity index (χ3n) is 3.09. The Bertz CT molecular complexity index is 781. The van der Waals surface area contributed by atoms with Gasteiger partial charge in [-0.15, -0.1) is 0 Å². The Morgan fingerprint density at radius 3 is 2.04 bits per heavy atom. The number of anilines is 2. The number of nitrogens with zero attached hydrogens (tertiary/aromatic N) is 1. The van der Waals surface area contributed by atoms with Crippen LogP contribution in [0.3, 0.4) is 0 Å². The summed E-state index contributed by atoms with van der Waals surface area (Å²) in [4.78, 5) is 26.5. The van der Waals surface area contributed by atoms with Gasteiger partial charge in [0, 0.05) is 17.3 Å². The molecule has 5 nitrogen and oxygen atoms in total. The Kier molecular flexibility index (Phi) is 4.10. The number of hydrogen-bond donors (Lipinski definition) is 2. The Morgan fingerprint density at radius 1 is 1.04 bits per heavy atom. The molecule has 0 amide bonds. The molecule has 124 valence electrons.